The largest absolute Gasteiger partial charge is 0.497 e. The number of likely N-dealkylation sites (tertiary alicyclic amines) is 1. The number of amides is 2. The summed E-state index contributed by atoms with van der Waals surface area (Å²) in [5.41, 5.74) is 0.993. The number of methoxy groups -OCH3 is 1. The summed E-state index contributed by atoms with van der Waals surface area (Å²) in [5, 5.41) is 0. The average Bonchev–Trinajstić information content (AvgIpc) is 3.07. The van der Waals surface area contributed by atoms with Crippen LogP contribution in [0.25, 0.3) is 0 Å². The summed E-state index contributed by atoms with van der Waals surface area (Å²) in [6.45, 7) is 3.21. The Labute approximate surface area is 180 Å². The van der Waals surface area contributed by atoms with Gasteiger partial charge in [-0.2, -0.15) is 0 Å². The van der Waals surface area contributed by atoms with Gasteiger partial charge in [0.15, 0.2) is 0 Å². The molecule has 3 aliphatic rings. The van der Waals surface area contributed by atoms with Gasteiger partial charge < -0.3 is 19.4 Å². The van der Waals surface area contributed by atoms with E-state index in [-0.39, 0.29) is 30.2 Å². The number of ether oxygens (including phenoxy) is 1. The number of carbonyl (C=O) groups excluding carboxylic acids is 2. The van der Waals surface area contributed by atoms with Crippen LogP contribution in [-0.2, 0) is 9.59 Å². The molecule has 6 nitrogen and oxygen atoms in total. The zero-order valence-corrected chi connectivity index (χ0v) is 18.5. The van der Waals surface area contributed by atoms with Crippen molar-refractivity contribution in [3.63, 3.8) is 0 Å². The van der Waals surface area contributed by atoms with E-state index in [1.807, 2.05) is 43.3 Å². The van der Waals surface area contributed by atoms with Crippen LogP contribution in [0.15, 0.2) is 24.3 Å². The van der Waals surface area contributed by atoms with Gasteiger partial charge in [-0.1, -0.05) is 18.6 Å². The summed E-state index contributed by atoms with van der Waals surface area (Å²) in [7, 11) is 5.38. The van der Waals surface area contributed by atoms with Gasteiger partial charge in [-0.15, -0.1) is 0 Å². The van der Waals surface area contributed by atoms with Crippen LogP contribution in [0, 0.1) is 11.8 Å². The van der Waals surface area contributed by atoms with Crippen molar-refractivity contribution in [2.24, 2.45) is 11.8 Å². The normalized spacial score (nSPS) is 29.6. The summed E-state index contributed by atoms with van der Waals surface area (Å²) in [4.78, 5) is 32.3. The maximum atomic E-state index is 13.5. The first kappa shape index (κ1) is 21.2. The lowest BCUT2D eigenvalue weighted by molar-refractivity contribution is -0.136. The van der Waals surface area contributed by atoms with Gasteiger partial charge in [0.2, 0.25) is 11.8 Å². The Morgan fingerprint density at radius 3 is 2.60 bits per heavy atom. The summed E-state index contributed by atoms with van der Waals surface area (Å²) >= 11 is 0. The molecule has 1 aromatic rings. The third-order valence-corrected chi connectivity index (χ3v) is 7.47. The Hall–Kier alpha value is -2.08. The molecule has 1 aromatic carbocycles. The van der Waals surface area contributed by atoms with E-state index in [1.54, 1.807) is 12.0 Å². The van der Waals surface area contributed by atoms with Gasteiger partial charge in [-0.05, 0) is 62.4 Å². The lowest BCUT2D eigenvalue weighted by Gasteiger charge is -2.45. The van der Waals surface area contributed by atoms with E-state index in [0.29, 0.717) is 12.0 Å². The monoisotopic (exact) mass is 413 g/mol. The Bertz CT molecular complexity index is 763. The number of carbonyl (C=O) groups is 2. The minimum Gasteiger partial charge on any atom is -0.497 e. The Morgan fingerprint density at radius 1 is 1.13 bits per heavy atom. The Balaban J connectivity index is 1.47. The molecule has 0 unspecified atom stereocenters. The maximum Gasteiger partial charge on any atom is 0.228 e. The van der Waals surface area contributed by atoms with Gasteiger partial charge in [0, 0.05) is 33.1 Å². The maximum absolute atomic E-state index is 13.5. The lowest BCUT2D eigenvalue weighted by Crippen LogP contribution is -2.51. The number of hydrogen-bond donors (Lipinski definition) is 0. The predicted molar refractivity (Wildman–Crippen MR) is 116 cm³/mol. The summed E-state index contributed by atoms with van der Waals surface area (Å²) in [6.07, 6.45) is 6.57. The molecule has 0 bridgehead atoms. The third-order valence-electron chi connectivity index (χ3n) is 7.47. The van der Waals surface area contributed by atoms with Gasteiger partial charge in [0.05, 0.1) is 19.1 Å². The molecule has 0 saturated carbocycles. The van der Waals surface area contributed by atoms with Crippen molar-refractivity contribution in [3.05, 3.63) is 29.8 Å². The molecule has 0 N–H and O–H groups in total. The van der Waals surface area contributed by atoms with Crippen LogP contribution in [0.2, 0.25) is 0 Å². The second kappa shape index (κ2) is 8.96. The number of fused-ring (bicyclic) bond motifs is 1. The first-order valence-corrected chi connectivity index (χ1v) is 11.4. The second-order valence-corrected chi connectivity index (χ2v) is 9.25. The van der Waals surface area contributed by atoms with E-state index in [9.17, 15) is 9.59 Å². The lowest BCUT2D eigenvalue weighted by atomic mass is 9.83. The number of hydrogen-bond acceptors (Lipinski definition) is 4. The zero-order valence-electron chi connectivity index (χ0n) is 18.5. The van der Waals surface area contributed by atoms with Crippen LogP contribution < -0.4 is 4.74 Å². The number of rotatable bonds is 5. The fourth-order valence-corrected chi connectivity index (χ4v) is 5.86. The first-order chi connectivity index (χ1) is 14.5. The van der Waals surface area contributed by atoms with Gasteiger partial charge in [-0.3, -0.25) is 9.59 Å². The minimum absolute atomic E-state index is 0.0405. The Morgan fingerprint density at radius 2 is 1.87 bits per heavy atom. The van der Waals surface area contributed by atoms with Crippen molar-refractivity contribution in [1.82, 2.24) is 14.7 Å². The molecule has 30 heavy (non-hydrogen) atoms. The summed E-state index contributed by atoms with van der Waals surface area (Å²) < 4.78 is 5.26. The van der Waals surface area contributed by atoms with Crippen molar-refractivity contribution in [3.8, 4) is 5.75 Å². The molecular formula is C24H35N3O3. The van der Waals surface area contributed by atoms with Crippen molar-refractivity contribution in [2.75, 3.05) is 40.8 Å². The van der Waals surface area contributed by atoms with Gasteiger partial charge in [-0.25, -0.2) is 0 Å². The first-order valence-electron chi connectivity index (χ1n) is 11.4. The standard InChI is InChI=1S/C24H35N3O3/c1-25(16-18-7-6-14-27-13-5-4-8-21(18)27)24(29)20-15-22(28)26(2)23(20)17-9-11-19(30-3)12-10-17/h9-12,18,20-21,23H,4-8,13-16H2,1-3H3/t18-,20+,21+,23-/m0/s1. The fourth-order valence-electron chi connectivity index (χ4n) is 5.86. The highest BCUT2D eigenvalue weighted by Crippen LogP contribution is 2.39. The SMILES string of the molecule is COc1ccc([C@H]2[C@H](C(=O)N(C)C[C@@H]3CCCN4CCCC[C@H]34)CC(=O)N2C)cc1. The quantitative estimate of drug-likeness (QED) is 0.745. The van der Waals surface area contributed by atoms with Crippen LogP contribution in [0.5, 0.6) is 5.75 Å². The van der Waals surface area contributed by atoms with Crippen molar-refractivity contribution < 1.29 is 14.3 Å². The molecule has 3 saturated heterocycles. The highest BCUT2D eigenvalue weighted by atomic mass is 16.5. The molecule has 2 amide bonds. The van der Waals surface area contributed by atoms with Gasteiger partial charge in [0.1, 0.15) is 5.75 Å². The molecule has 164 valence electrons. The van der Waals surface area contributed by atoms with Gasteiger partial charge >= 0.3 is 0 Å². The van der Waals surface area contributed by atoms with Crippen molar-refractivity contribution >= 4 is 11.8 Å². The molecular weight excluding hydrogens is 378 g/mol. The molecule has 3 fully saturated rings. The van der Waals surface area contributed by atoms with Crippen LogP contribution in [-0.4, -0.2) is 73.4 Å². The van der Waals surface area contributed by atoms with Gasteiger partial charge in [0.25, 0.3) is 0 Å². The highest BCUT2D eigenvalue weighted by Gasteiger charge is 2.44. The van der Waals surface area contributed by atoms with E-state index in [4.69, 9.17) is 4.74 Å². The van der Waals surface area contributed by atoms with Crippen molar-refractivity contribution in [1.29, 1.82) is 0 Å². The van der Waals surface area contributed by atoms with Crippen LogP contribution in [0.4, 0.5) is 0 Å². The summed E-state index contributed by atoms with van der Waals surface area (Å²) in [5.74, 6) is 1.13. The topological polar surface area (TPSA) is 53.1 Å². The Kier molecular flexibility index (Phi) is 6.32. The highest BCUT2D eigenvalue weighted by molar-refractivity contribution is 5.90. The van der Waals surface area contributed by atoms with E-state index >= 15 is 0 Å². The third kappa shape index (κ3) is 4.07. The second-order valence-electron chi connectivity index (χ2n) is 9.25. The zero-order chi connectivity index (χ0) is 21.3. The number of nitrogens with zero attached hydrogens (tertiary/aromatic N) is 3. The van der Waals surface area contributed by atoms with E-state index < -0.39 is 0 Å². The van der Waals surface area contributed by atoms with Crippen molar-refractivity contribution in [2.45, 2.75) is 50.6 Å². The molecule has 0 aliphatic carbocycles. The molecule has 0 spiro atoms. The van der Waals surface area contributed by atoms with E-state index in [2.05, 4.69) is 4.90 Å². The molecule has 0 radical (unpaired) electrons. The summed E-state index contributed by atoms with van der Waals surface area (Å²) in [6, 6.07) is 8.15. The van der Waals surface area contributed by atoms with Crippen LogP contribution in [0.1, 0.15) is 50.1 Å². The fraction of sp³-hybridized carbons (Fsp3) is 0.667. The smallest absolute Gasteiger partial charge is 0.228 e. The molecule has 3 heterocycles. The minimum atomic E-state index is -0.327. The molecule has 0 aromatic heterocycles. The van der Waals surface area contributed by atoms with Crippen LogP contribution >= 0.6 is 0 Å². The molecule has 4 rings (SSSR count). The predicted octanol–water partition coefficient (Wildman–Crippen LogP) is 2.94. The molecule has 3 aliphatic heterocycles. The molecule has 4 atom stereocenters. The van der Waals surface area contributed by atoms with Crippen LogP contribution in [0.3, 0.4) is 0 Å². The average molecular weight is 414 g/mol. The molecule has 6 heteroatoms. The number of benzene rings is 1. The van der Waals surface area contributed by atoms with E-state index in [1.165, 1.54) is 45.2 Å². The number of piperidine rings is 2. The van der Waals surface area contributed by atoms with E-state index in [0.717, 1.165) is 17.9 Å².